The van der Waals surface area contributed by atoms with Gasteiger partial charge in [-0.25, -0.2) is 8.78 Å². The standard InChI is InChI=1S/C13H18F2N2/c1-8-3-12(15)10(5-11(8)14)13-4-9(6-16)7-17(13)2/h3,5,9,13H,4,6-7,16H2,1-2H3. The van der Waals surface area contributed by atoms with Crippen LogP contribution in [0, 0.1) is 24.5 Å². The number of nitrogens with two attached hydrogens (primary N) is 1. The Labute approximate surface area is 100 Å². The van der Waals surface area contributed by atoms with Crippen LogP contribution in [0.1, 0.15) is 23.6 Å². The SMILES string of the molecule is Cc1cc(F)c(C2CC(CN)CN2C)cc1F. The molecule has 2 unspecified atom stereocenters. The van der Waals surface area contributed by atoms with Crippen molar-refractivity contribution in [2.24, 2.45) is 11.7 Å². The second kappa shape index (κ2) is 4.70. The first-order valence-electron chi connectivity index (χ1n) is 5.88. The minimum atomic E-state index is -0.342. The van der Waals surface area contributed by atoms with Crippen LogP contribution in [0.15, 0.2) is 12.1 Å². The normalized spacial score (nSPS) is 25.5. The lowest BCUT2D eigenvalue weighted by molar-refractivity contribution is 0.306. The smallest absolute Gasteiger partial charge is 0.128 e. The summed E-state index contributed by atoms with van der Waals surface area (Å²) in [5.74, 6) is -0.293. The Morgan fingerprint density at radius 3 is 2.65 bits per heavy atom. The number of halogens is 2. The van der Waals surface area contributed by atoms with E-state index >= 15 is 0 Å². The van der Waals surface area contributed by atoms with Crippen molar-refractivity contribution < 1.29 is 8.78 Å². The van der Waals surface area contributed by atoms with Crippen LogP contribution < -0.4 is 5.73 Å². The number of hydrogen-bond acceptors (Lipinski definition) is 2. The van der Waals surface area contributed by atoms with Crippen LogP contribution in [0.2, 0.25) is 0 Å². The van der Waals surface area contributed by atoms with Crippen molar-refractivity contribution in [3.63, 3.8) is 0 Å². The fourth-order valence-corrected chi connectivity index (χ4v) is 2.56. The molecule has 2 atom stereocenters. The van der Waals surface area contributed by atoms with Crippen molar-refractivity contribution in [1.29, 1.82) is 0 Å². The highest BCUT2D eigenvalue weighted by Crippen LogP contribution is 2.35. The van der Waals surface area contributed by atoms with E-state index in [2.05, 4.69) is 0 Å². The van der Waals surface area contributed by atoms with Crippen molar-refractivity contribution in [3.05, 3.63) is 34.9 Å². The molecule has 1 saturated heterocycles. The Hall–Kier alpha value is -1.00. The van der Waals surface area contributed by atoms with Crippen molar-refractivity contribution in [3.8, 4) is 0 Å². The van der Waals surface area contributed by atoms with Gasteiger partial charge in [-0.05, 0) is 50.6 Å². The van der Waals surface area contributed by atoms with Gasteiger partial charge < -0.3 is 5.73 Å². The lowest BCUT2D eigenvalue weighted by atomic mass is 9.98. The monoisotopic (exact) mass is 240 g/mol. The molecule has 0 saturated carbocycles. The van der Waals surface area contributed by atoms with Crippen LogP contribution in [0.3, 0.4) is 0 Å². The number of rotatable bonds is 2. The summed E-state index contributed by atoms with van der Waals surface area (Å²) in [5.41, 5.74) is 6.43. The van der Waals surface area contributed by atoms with Gasteiger partial charge in [-0.2, -0.15) is 0 Å². The second-order valence-corrected chi connectivity index (χ2v) is 4.92. The van der Waals surface area contributed by atoms with E-state index in [0.29, 0.717) is 23.6 Å². The van der Waals surface area contributed by atoms with Crippen LogP contribution in [-0.2, 0) is 0 Å². The Bertz CT molecular complexity index is 420. The summed E-state index contributed by atoms with van der Waals surface area (Å²) in [4.78, 5) is 2.05. The maximum atomic E-state index is 13.9. The van der Waals surface area contributed by atoms with Crippen molar-refractivity contribution in [2.75, 3.05) is 20.1 Å². The summed E-state index contributed by atoms with van der Waals surface area (Å²) in [5, 5.41) is 0. The van der Waals surface area contributed by atoms with Gasteiger partial charge >= 0.3 is 0 Å². The molecule has 0 bridgehead atoms. The predicted octanol–water partition coefficient (Wildman–Crippen LogP) is 2.22. The number of nitrogens with zero attached hydrogens (tertiary/aromatic N) is 1. The molecule has 1 aromatic carbocycles. The molecule has 2 rings (SSSR count). The minimum absolute atomic E-state index is 0.0568. The molecule has 0 amide bonds. The first-order valence-corrected chi connectivity index (χ1v) is 5.88. The highest BCUT2D eigenvalue weighted by Gasteiger charge is 2.31. The lowest BCUT2D eigenvalue weighted by Crippen LogP contribution is -2.21. The summed E-state index contributed by atoms with van der Waals surface area (Å²) in [7, 11) is 1.93. The molecule has 0 radical (unpaired) electrons. The molecule has 4 heteroatoms. The average Bonchev–Trinajstić information content (AvgIpc) is 2.65. The third-order valence-electron chi connectivity index (χ3n) is 3.61. The molecule has 1 fully saturated rings. The topological polar surface area (TPSA) is 29.3 Å². The number of hydrogen-bond donors (Lipinski definition) is 1. The Kier molecular flexibility index (Phi) is 3.45. The van der Waals surface area contributed by atoms with E-state index in [1.54, 1.807) is 6.92 Å². The summed E-state index contributed by atoms with van der Waals surface area (Å²) >= 11 is 0. The van der Waals surface area contributed by atoms with E-state index in [9.17, 15) is 8.78 Å². The second-order valence-electron chi connectivity index (χ2n) is 4.92. The Balaban J connectivity index is 2.31. The zero-order valence-electron chi connectivity index (χ0n) is 10.2. The van der Waals surface area contributed by atoms with Gasteiger partial charge in [0.05, 0.1) is 0 Å². The van der Waals surface area contributed by atoms with E-state index in [0.717, 1.165) is 13.0 Å². The van der Waals surface area contributed by atoms with E-state index in [4.69, 9.17) is 5.73 Å². The Morgan fingerprint density at radius 2 is 2.06 bits per heavy atom. The molecule has 0 aromatic heterocycles. The number of aryl methyl sites for hydroxylation is 1. The maximum absolute atomic E-state index is 13.9. The third kappa shape index (κ3) is 2.33. The Morgan fingerprint density at radius 1 is 1.35 bits per heavy atom. The lowest BCUT2D eigenvalue weighted by Gasteiger charge is -2.20. The van der Waals surface area contributed by atoms with Gasteiger partial charge in [0, 0.05) is 18.2 Å². The van der Waals surface area contributed by atoms with Crippen LogP contribution in [-0.4, -0.2) is 25.0 Å². The average molecular weight is 240 g/mol. The first-order chi connectivity index (χ1) is 8.02. The zero-order chi connectivity index (χ0) is 12.6. The molecule has 1 aliphatic heterocycles. The van der Waals surface area contributed by atoms with Crippen LogP contribution in [0.5, 0.6) is 0 Å². The molecule has 17 heavy (non-hydrogen) atoms. The van der Waals surface area contributed by atoms with Crippen molar-refractivity contribution in [1.82, 2.24) is 4.90 Å². The maximum Gasteiger partial charge on any atom is 0.128 e. The third-order valence-corrected chi connectivity index (χ3v) is 3.61. The highest BCUT2D eigenvalue weighted by atomic mass is 19.1. The molecule has 1 heterocycles. The molecule has 2 nitrogen and oxygen atoms in total. The van der Waals surface area contributed by atoms with E-state index in [1.165, 1.54) is 12.1 Å². The molecule has 1 aliphatic rings. The first kappa shape index (κ1) is 12.5. The highest BCUT2D eigenvalue weighted by molar-refractivity contribution is 5.28. The van der Waals surface area contributed by atoms with Gasteiger partial charge in [0.2, 0.25) is 0 Å². The van der Waals surface area contributed by atoms with Crippen LogP contribution in [0.4, 0.5) is 8.78 Å². The number of likely N-dealkylation sites (tertiary alicyclic amines) is 1. The molecular weight excluding hydrogens is 222 g/mol. The fourth-order valence-electron chi connectivity index (χ4n) is 2.56. The summed E-state index contributed by atoms with van der Waals surface area (Å²) in [6, 6.07) is 2.54. The molecule has 0 aliphatic carbocycles. The number of benzene rings is 1. The van der Waals surface area contributed by atoms with Gasteiger partial charge in [-0.15, -0.1) is 0 Å². The molecule has 2 N–H and O–H groups in total. The van der Waals surface area contributed by atoms with Crippen molar-refractivity contribution in [2.45, 2.75) is 19.4 Å². The van der Waals surface area contributed by atoms with Gasteiger partial charge in [-0.3, -0.25) is 4.90 Å². The van der Waals surface area contributed by atoms with Gasteiger partial charge in [-0.1, -0.05) is 0 Å². The summed E-state index contributed by atoms with van der Waals surface area (Å²) in [6.45, 7) is 3.01. The van der Waals surface area contributed by atoms with E-state index in [-0.39, 0.29) is 17.7 Å². The van der Waals surface area contributed by atoms with Gasteiger partial charge in [0.25, 0.3) is 0 Å². The van der Waals surface area contributed by atoms with E-state index < -0.39 is 0 Å². The zero-order valence-corrected chi connectivity index (χ0v) is 10.2. The largest absolute Gasteiger partial charge is 0.330 e. The van der Waals surface area contributed by atoms with E-state index in [1.807, 2.05) is 11.9 Å². The molecule has 94 valence electrons. The van der Waals surface area contributed by atoms with Gasteiger partial charge in [0.1, 0.15) is 11.6 Å². The predicted molar refractivity (Wildman–Crippen MR) is 63.6 cm³/mol. The minimum Gasteiger partial charge on any atom is -0.330 e. The summed E-state index contributed by atoms with van der Waals surface area (Å²) in [6.07, 6.45) is 0.798. The fraction of sp³-hybridized carbons (Fsp3) is 0.538. The molecule has 0 spiro atoms. The van der Waals surface area contributed by atoms with Crippen molar-refractivity contribution >= 4 is 0 Å². The summed E-state index contributed by atoms with van der Waals surface area (Å²) < 4.78 is 27.4. The molecular formula is C13H18F2N2. The quantitative estimate of drug-likeness (QED) is 0.859. The van der Waals surface area contributed by atoms with Crippen LogP contribution in [0.25, 0.3) is 0 Å². The van der Waals surface area contributed by atoms with Crippen LogP contribution >= 0.6 is 0 Å². The molecule has 1 aromatic rings. The van der Waals surface area contributed by atoms with Gasteiger partial charge in [0.15, 0.2) is 0 Å².